The zero-order chi connectivity index (χ0) is 15.3. The van der Waals surface area contributed by atoms with Crippen LogP contribution in [0.4, 0.5) is 0 Å². The molecule has 0 amide bonds. The van der Waals surface area contributed by atoms with Gasteiger partial charge in [-0.15, -0.1) is 0 Å². The van der Waals surface area contributed by atoms with E-state index in [0.29, 0.717) is 25.7 Å². The summed E-state index contributed by atoms with van der Waals surface area (Å²) in [6.07, 6.45) is 6.49. The highest BCUT2D eigenvalue weighted by Crippen LogP contribution is 2.48. The first-order valence-electron chi connectivity index (χ1n) is 7.91. The maximum absolute atomic E-state index is 12.2. The Hall–Kier alpha value is -0.210. The molecule has 7 heteroatoms. The van der Waals surface area contributed by atoms with Crippen LogP contribution in [0.25, 0.3) is 0 Å². The van der Waals surface area contributed by atoms with Crippen LogP contribution >= 0.6 is 0 Å². The molecule has 2 fully saturated rings. The number of ether oxygens (including phenoxy) is 1. The molecule has 0 saturated heterocycles. The summed E-state index contributed by atoms with van der Waals surface area (Å²) in [5, 5.41) is 3.40. The normalized spacial score (nSPS) is 20.9. The summed E-state index contributed by atoms with van der Waals surface area (Å²) in [7, 11) is -0.0176. The lowest BCUT2D eigenvalue weighted by molar-refractivity contribution is 0.172. The molecule has 21 heavy (non-hydrogen) atoms. The van der Waals surface area contributed by atoms with Gasteiger partial charge in [0.05, 0.1) is 0 Å². The van der Waals surface area contributed by atoms with Gasteiger partial charge >= 0.3 is 0 Å². The van der Waals surface area contributed by atoms with Crippen molar-refractivity contribution in [1.82, 2.24) is 14.3 Å². The van der Waals surface area contributed by atoms with Crippen LogP contribution in [-0.2, 0) is 14.9 Å². The molecule has 0 bridgehead atoms. The highest BCUT2D eigenvalue weighted by atomic mass is 32.2. The van der Waals surface area contributed by atoms with Crippen LogP contribution in [0.15, 0.2) is 0 Å². The molecule has 0 unspecified atom stereocenters. The third-order valence-corrected chi connectivity index (χ3v) is 6.01. The Bertz CT molecular complexity index is 419. The summed E-state index contributed by atoms with van der Waals surface area (Å²) in [6.45, 7) is 2.68. The second kappa shape index (κ2) is 7.37. The van der Waals surface area contributed by atoms with E-state index in [-0.39, 0.29) is 5.41 Å². The third kappa shape index (κ3) is 5.83. The number of rotatable bonds is 12. The number of hydrogen-bond acceptors (Lipinski definition) is 4. The van der Waals surface area contributed by atoms with Gasteiger partial charge in [0, 0.05) is 39.9 Å². The topological polar surface area (TPSA) is 70.7 Å². The zero-order valence-corrected chi connectivity index (χ0v) is 14.0. The van der Waals surface area contributed by atoms with Crippen molar-refractivity contribution in [3.8, 4) is 0 Å². The van der Waals surface area contributed by atoms with E-state index in [1.165, 1.54) is 17.1 Å². The lowest BCUT2D eigenvalue weighted by atomic mass is 10.0. The number of nitrogens with zero attached hydrogens (tertiary/aromatic N) is 1. The highest BCUT2D eigenvalue weighted by Gasteiger charge is 2.42. The van der Waals surface area contributed by atoms with Gasteiger partial charge < -0.3 is 10.1 Å². The van der Waals surface area contributed by atoms with Crippen molar-refractivity contribution in [1.29, 1.82) is 0 Å². The fraction of sp³-hybridized carbons (Fsp3) is 1.00. The van der Waals surface area contributed by atoms with E-state index in [1.54, 1.807) is 14.2 Å². The van der Waals surface area contributed by atoms with Crippen molar-refractivity contribution in [2.24, 2.45) is 5.41 Å². The van der Waals surface area contributed by atoms with Gasteiger partial charge in [0.15, 0.2) is 0 Å². The molecule has 2 aliphatic carbocycles. The largest absolute Gasteiger partial charge is 0.385 e. The zero-order valence-electron chi connectivity index (χ0n) is 13.2. The average Bonchev–Trinajstić information content (AvgIpc) is 3.35. The molecule has 0 aromatic rings. The fourth-order valence-electron chi connectivity index (χ4n) is 2.38. The van der Waals surface area contributed by atoms with Crippen molar-refractivity contribution >= 4 is 10.2 Å². The van der Waals surface area contributed by atoms with Gasteiger partial charge in [-0.05, 0) is 50.5 Å². The van der Waals surface area contributed by atoms with E-state index >= 15 is 0 Å². The molecule has 0 atom stereocenters. The molecule has 0 radical (unpaired) electrons. The molecular formula is C14H29N3O3S. The maximum atomic E-state index is 12.2. The van der Waals surface area contributed by atoms with Gasteiger partial charge in [-0.25, -0.2) is 4.72 Å². The first kappa shape index (κ1) is 17.1. The number of nitrogens with one attached hydrogen (secondary N) is 2. The van der Waals surface area contributed by atoms with Gasteiger partial charge in [0.25, 0.3) is 10.2 Å². The molecule has 2 aliphatic rings. The van der Waals surface area contributed by atoms with E-state index in [0.717, 1.165) is 32.2 Å². The average molecular weight is 319 g/mol. The minimum absolute atomic E-state index is 0.136. The van der Waals surface area contributed by atoms with Crippen molar-refractivity contribution in [3.63, 3.8) is 0 Å². The number of hydrogen-bond donors (Lipinski definition) is 2. The Morgan fingerprint density at radius 2 is 2.05 bits per heavy atom. The predicted octanol–water partition coefficient (Wildman–Crippen LogP) is 0.711. The SMILES string of the molecule is COCCC1(CNS(=O)(=O)N(C)CCCNC2CC2)CC1. The summed E-state index contributed by atoms with van der Waals surface area (Å²) in [5.74, 6) is 0. The van der Waals surface area contributed by atoms with Gasteiger partial charge in [-0.2, -0.15) is 12.7 Å². The molecular weight excluding hydrogens is 290 g/mol. The summed E-state index contributed by atoms with van der Waals surface area (Å²) in [5.41, 5.74) is 0.136. The van der Waals surface area contributed by atoms with Crippen molar-refractivity contribution < 1.29 is 13.2 Å². The lowest BCUT2D eigenvalue weighted by Gasteiger charge is -2.21. The molecule has 2 N–H and O–H groups in total. The van der Waals surface area contributed by atoms with Crippen LogP contribution in [0.3, 0.4) is 0 Å². The Morgan fingerprint density at radius 3 is 2.62 bits per heavy atom. The monoisotopic (exact) mass is 319 g/mol. The first-order chi connectivity index (χ1) is 9.97. The molecule has 0 aromatic carbocycles. The minimum Gasteiger partial charge on any atom is -0.385 e. The Morgan fingerprint density at radius 1 is 1.33 bits per heavy atom. The van der Waals surface area contributed by atoms with Crippen molar-refractivity contribution in [3.05, 3.63) is 0 Å². The maximum Gasteiger partial charge on any atom is 0.279 e. The molecule has 2 saturated carbocycles. The van der Waals surface area contributed by atoms with Crippen molar-refractivity contribution in [2.45, 2.75) is 44.6 Å². The van der Waals surface area contributed by atoms with Gasteiger partial charge in [0.1, 0.15) is 0 Å². The molecule has 124 valence electrons. The van der Waals surface area contributed by atoms with Crippen LogP contribution in [-0.4, -0.2) is 59.2 Å². The third-order valence-electron chi connectivity index (χ3n) is 4.49. The van der Waals surface area contributed by atoms with Crippen LogP contribution in [0.5, 0.6) is 0 Å². The predicted molar refractivity (Wildman–Crippen MR) is 83.4 cm³/mol. The van der Waals surface area contributed by atoms with Gasteiger partial charge in [-0.1, -0.05) is 0 Å². The first-order valence-corrected chi connectivity index (χ1v) is 9.35. The van der Waals surface area contributed by atoms with E-state index < -0.39 is 10.2 Å². The summed E-state index contributed by atoms with van der Waals surface area (Å²) >= 11 is 0. The lowest BCUT2D eigenvalue weighted by Crippen LogP contribution is -2.42. The summed E-state index contributed by atoms with van der Waals surface area (Å²) < 4.78 is 33.6. The van der Waals surface area contributed by atoms with E-state index in [1.807, 2.05) is 0 Å². The molecule has 0 aromatic heterocycles. The van der Waals surface area contributed by atoms with Crippen LogP contribution in [0.2, 0.25) is 0 Å². The molecule has 0 aliphatic heterocycles. The Kier molecular flexibility index (Phi) is 6.02. The molecule has 0 heterocycles. The Labute approximate surface area is 128 Å². The van der Waals surface area contributed by atoms with E-state index in [9.17, 15) is 8.42 Å². The van der Waals surface area contributed by atoms with Gasteiger partial charge in [0.2, 0.25) is 0 Å². The fourth-order valence-corrected chi connectivity index (χ4v) is 3.46. The molecule has 6 nitrogen and oxygen atoms in total. The van der Waals surface area contributed by atoms with Crippen LogP contribution in [0.1, 0.15) is 38.5 Å². The standard InChI is InChI=1S/C14H29N3O3S/c1-17(10-3-9-15-13-4-5-13)21(18,19)16-12-14(6-7-14)8-11-20-2/h13,15-16H,3-12H2,1-2H3. The number of methoxy groups -OCH3 is 1. The Balaban J connectivity index is 1.64. The van der Waals surface area contributed by atoms with E-state index in [2.05, 4.69) is 10.0 Å². The van der Waals surface area contributed by atoms with E-state index in [4.69, 9.17) is 4.74 Å². The minimum atomic E-state index is -3.35. The summed E-state index contributed by atoms with van der Waals surface area (Å²) in [4.78, 5) is 0. The van der Waals surface area contributed by atoms with Crippen LogP contribution < -0.4 is 10.0 Å². The highest BCUT2D eigenvalue weighted by molar-refractivity contribution is 7.87. The molecule has 2 rings (SSSR count). The smallest absolute Gasteiger partial charge is 0.279 e. The van der Waals surface area contributed by atoms with Gasteiger partial charge in [-0.3, -0.25) is 0 Å². The summed E-state index contributed by atoms with van der Waals surface area (Å²) in [6, 6.07) is 0.681. The van der Waals surface area contributed by atoms with Crippen LogP contribution in [0, 0.1) is 5.41 Å². The second-order valence-electron chi connectivity index (χ2n) is 6.47. The second-order valence-corrected chi connectivity index (χ2v) is 8.33. The molecule has 0 spiro atoms. The quantitative estimate of drug-likeness (QED) is 0.520. The van der Waals surface area contributed by atoms with Crippen molar-refractivity contribution in [2.75, 3.05) is 40.4 Å².